The van der Waals surface area contributed by atoms with Crippen LogP contribution in [0.5, 0.6) is 5.75 Å². The van der Waals surface area contributed by atoms with E-state index in [1.807, 2.05) is 60.4 Å². The van der Waals surface area contributed by atoms with Crippen molar-refractivity contribution in [1.82, 2.24) is 9.78 Å². The molecule has 0 saturated heterocycles. The highest BCUT2D eigenvalue weighted by atomic mass is 19.1. The van der Waals surface area contributed by atoms with E-state index in [1.165, 1.54) is 6.07 Å². The second-order valence-electron chi connectivity index (χ2n) is 7.46. The average molecular weight is 418 g/mol. The van der Waals surface area contributed by atoms with Crippen LogP contribution in [0.15, 0.2) is 66.9 Å². The molecule has 0 unspecified atom stereocenters. The van der Waals surface area contributed by atoms with Crippen LogP contribution in [0.1, 0.15) is 17.5 Å². The molecule has 0 fully saturated rings. The van der Waals surface area contributed by atoms with Crippen molar-refractivity contribution in [1.29, 1.82) is 0 Å². The van der Waals surface area contributed by atoms with E-state index < -0.39 is 5.97 Å². The summed E-state index contributed by atoms with van der Waals surface area (Å²) in [6, 6.07) is 18.4. The molecule has 158 valence electrons. The van der Waals surface area contributed by atoms with E-state index in [4.69, 9.17) is 9.84 Å². The zero-order valence-electron chi connectivity index (χ0n) is 17.2. The third kappa shape index (κ3) is 4.74. The van der Waals surface area contributed by atoms with Gasteiger partial charge in [-0.2, -0.15) is 5.10 Å². The molecule has 4 aromatic rings. The number of aliphatic carboxylic acids is 1. The van der Waals surface area contributed by atoms with Crippen molar-refractivity contribution in [3.8, 4) is 16.9 Å². The summed E-state index contributed by atoms with van der Waals surface area (Å²) >= 11 is 0. The minimum Gasteiger partial charge on any atom is -0.493 e. The maximum absolute atomic E-state index is 13.9. The quantitative estimate of drug-likeness (QED) is 0.436. The van der Waals surface area contributed by atoms with Gasteiger partial charge in [-0.1, -0.05) is 30.3 Å². The van der Waals surface area contributed by atoms with E-state index in [1.54, 1.807) is 12.1 Å². The first-order valence-corrected chi connectivity index (χ1v) is 10.1. The first-order chi connectivity index (χ1) is 15.0. The van der Waals surface area contributed by atoms with Crippen LogP contribution in [0.3, 0.4) is 0 Å². The summed E-state index contributed by atoms with van der Waals surface area (Å²) in [5, 5.41) is 14.3. The lowest BCUT2D eigenvalue weighted by Crippen LogP contribution is -2.04. The standard InChI is InChI=1S/C25H23FN2O3/c1-28-23-9-8-19(15-20(23)16-27-28)21-14-17(7-11-25(29)30)6-10-24(21)31-13-12-18-4-2-3-5-22(18)26/h2-6,8-10,14-16H,7,11-13H2,1H3,(H,29,30). The van der Waals surface area contributed by atoms with Crippen LogP contribution in [-0.4, -0.2) is 27.5 Å². The van der Waals surface area contributed by atoms with Crippen LogP contribution in [0, 0.1) is 5.82 Å². The van der Waals surface area contributed by atoms with Gasteiger partial charge in [-0.25, -0.2) is 4.39 Å². The van der Waals surface area contributed by atoms with Gasteiger partial charge in [0.15, 0.2) is 0 Å². The molecule has 0 amide bonds. The van der Waals surface area contributed by atoms with E-state index in [2.05, 4.69) is 5.10 Å². The molecule has 31 heavy (non-hydrogen) atoms. The van der Waals surface area contributed by atoms with E-state index in [0.717, 1.165) is 27.6 Å². The monoisotopic (exact) mass is 418 g/mol. The Bertz CT molecular complexity index is 1230. The van der Waals surface area contributed by atoms with Gasteiger partial charge >= 0.3 is 5.97 Å². The van der Waals surface area contributed by atoms with Crippen molar-refractivity contribution in [2.24, 2.45) is 7.05 Å². The van der Waals surface area contributed by atoms with Crippen molar-refractivity contribution < 1.29 is 19.0 Å². The molecule has 6 heteroatoms. The zero-order valence-corrected chi connectivity index (χ0v) is 17.2. The van der Waals surface area contributed by atoms with Crippen LogP contribution in [0.4, 0.5) is 4.39 Å². The number of benzene rings is 3. The minimum absolute atomic E-state index is 0.0641. The van der Waals surface area contributed by atoms with Crippen molar-refractivity contribution in [3.05, 3.63) is 83.8 Å². The molecule has 0 aliphatic heterocycles. The maximum atomic E-state index is 13.9. The van der Waals surface area contributed by atoms with Gasteiger partial charge in [-0.05, 0) is 53.4 Å². The van der Waals surface area contributed by atoms with Gasteiger partial charge in [0.1, 0.15) is 11.6 Å². The number of carbonyl (C=O) groups is 1. The molecule has 0 atom stereocenters. The Hall–Kier alpha value is -3.67. The SMILES string of the molecule is Cn1ncc2cc(-c3cc(CCC(=O)O)ccc3OCCc3ccccc3F)ccc21. The van der Waals surface area contributed by atoms with Crippen LogP contribution >= 0.6 is 0 Å². The van der Waals surface area contributed by atoms with Crippen molar-refractivity contribution in [2.45, 2.75) is 19.3 Å². The Morgan fingerprint density at radius 1 is 1.10 bits per heavy atom. The molecule has 5 nitrogen and oxygen atoms in total. The van der Waals surface area contributed by atoms with Crippen LogP contribution in [0.2, 0.25) is 0 Å². The van der Waals surface area contributed by atoms with Crippen molar-refractivity contribution >= 4 is 16.9 Å². The van der Waals surface area contributed by atoms with E-state index in [9.17, 15) is 9.18 Å². The van der Waals surface area contributed by atoms with E-state index in [-0.39, 0.29) is 12.2 Å². The van der Waals surface area contributed by atoms with Gasteiger partial charge in [0.2, 0.25) is 0 Å². The molecule has 1 aromatic heterocycles. The second-order valence-corrected chi connectivity index (χ2v) is 7.46. The number of nitrogens with zero attached hydrogens (tertiary/aromatic N) is 2. The lowest BCUT2D eigenvalue weighted by molar-refractivity contribution is -0.136. The fourth-order valence-corrected chi connectivity index (χ4v) is 3.64. The molecular weight excluding hydrogens is 395 g/mol. The highest BCUT2D eigenvalue weighted by molar-refractivity contribution is 5.86. The Morgan fingerprint density at radius 2 is 1.94 bits per heavy atom. The number of aromatic nitrogens is 2. The summed E-state index contributed by atoms with van der Waals surface area (Å²) in [6.07, 6.45) is 2.77. The third-order valence-electron chi connectivity index (χ3n) is 5.32. The minimum atomic E-state index is -0.830. The van der Waals surface area contributed by atoms with Crippen molar-refractivity contribution in [2.75, 3.05) is 6.61 Å². The Labute approximate surface area is 179 Å². The topological polar surface area (TPSA) is 64.4 Å². The first-order valence-electron chi connectivity index (χ1n) is 10.1. The fourth-order valence-electron chi connectivity index (χ4n) is 3.64. The molecule has 1 heterocycles. The van der Waals surface area contributed by atoms with E-state index in [0.29, 0.717) is 30.8 Å². The number of hydrogen-bond acceptors (Lipinski definition) is 3. The molecule has 0 aliphatic carbocycles. The van der Waals surface area contributed by atoms with Gasteiger partial charge in [-0.3, -0.25) is 9.48 Å². The van der Waals surface area contributed by atoms with Gasteiger partial charge in [0.25, 0.3) is 0 Å². The van der Waals surface area contributed by atoms with Crippen LogP contribution < -0.4 is 4.74 Å². The zero-order chi connectivity index (χ0) is 21.8. The predicted molar refractivity (Wildman–Crippen MR) is 118 cm³/mol. The highest BCUT2D eigenvalue weighted by Gasteiger charge is 2.12. The van der Waals surface area contributed by atoms with Crippen LogP contribution in [-0.2, 0) is 24.7 Å². The maximum Gasteiger partial charge on any atom is 0.303 e. The normalized spacial score (nSPS) is 11.0. The summed E-state index contributed by atoms with van der Waals surface area (Å²) in [5.41, 5.74) is 4.39. The smallest absolute Gasteiger partial charge is 0.303 e. The molecule has 4 rings (SSSR count). The summed E-state index contributed by atoms with van der Waals surface area (Å²) < 4.78 is 21.8. The number of carboxylic acid groups (broad SMARTS) is 1. The number of hydrogen-bond donors (Lipinski definition) is 1. The summed E-state index contributed by atoms with van der Waals surface area (Å²) in [7, 11) is 1.89. The first kappa shape index (κ1) is 20.6. The molecule has 3 aromatic carbocycles. The summed E-state index contributed by atoms with van der Waals surface area (Å²) in [5.74, 6) is -0.389. The van der Waals surface area contributed by atoms with Crippen molar-refractivity contribution in [3.63, 3.8) is 0 Å². The van der Waals surface area contributed by atoms with Crippen LogP contribution in [0.25, 0.3) is 22.0 Å². The summed E-state index contributed by atoms with van der Waals surface area (Å²) in [6.45, 7) is 0.331. The Balaban J connectivity index is 1.62. The number of rotatable bonds is 8. The Morgan fingerprint density at radius 3 is 2.74 bits per heavy atom. The lowest BCUT2D eigenvalue weighted by Gasteiger charge is -2.14. The molecule has 1 N–H and O–H groups in total. The Kier molecular flexibility index (Phi) is 5.98. The second kappa shape index (κ2) is 9.00. The van der Waals surface area contributed by atoms with Gasteiger partial charge < -0.3 is 9.84 Å². The molecular formula is C25H23FN2O3. The van der Waals surface area contributed by atoms with Gasteiger partial charge in [0.05, 0.1) is 18.3 Å². The molecule has 0 bridgehead atoms. The molecule has 0 aliphatic rings. The number of carboxylic acids is 1. The lowest BCUT2D eigenvalue weighted by atomic mass is 9.99. The number of halogens is 1. The third-order valence-corrected chi connectivity index (χ3v) is 5.32. The molecule has 0 spiro atoms. The van der Waals surface area contributed by atoms with E-state index >= 15 is 0 Å². The molecule has 0 radical (unpaired) electrons. The molecule has 0 saturated carbocycles. The fraction of sp³-hybridized carbons (Fsp3) is 0.200. The predicted octanol–water partition coefficient (Wildman–Crippen LogP) is 5.02. The number of aryl methyl sites for hydroxylation is 2. The highest BCUT2D eigenvalue weighted by Crippen LogP contribution is 2.33. The number of fused-ring (bicyclic) bond motifs is 1. The largest absolute Gasteiger partial charge is 0.493 e. The van der Waals surface area contributed by atoms with Gasteiger partial charge in [-0.15, -0.1) is 0 Å². The summed E-state index contributed by atoms with van der Waals surface area (Å²) in [4.78, 5) is 11.0. The van der Waals surface area contributed by atoms with Gasteiger partial charge in [0, 0.05) is 30.8 Å². The number of ether oxygens (including phenoxy) is 1. The average Bonchev–Trinajstić information content (AvgIpc) is 3.14.